The van der Waals surface area contributed by atoms with Crippen LogP contribution in [0.15, 0.2) is 0 Å². The van der Waals surface area contributed by atoms with E-state index < -0.39 is 0 Å². The predicted molar refractivity (Wildman–Crippen MR) is 70.8 cm³/mol. The molecule has 0 nitrogen and oxygen atoms in total. The summed E-state index contributed by atoms with van der Waals surface area (Å²) in [5, 5.41) is 0. The van der Waals surface area contributed by atoms with E-state index in [4.69, 9.17) is 0 Å². The van der Waals surface area contributed by atoms with Gasteiger partial charge in [-0.25, -0.2) is 0 Å². The first kappa shape index (κ1) is 11.3. The van der Waals surface area contributed by atoms with Crippen molar-refractivity contribution >= 4 is 17.2 Å². The third-order valence-corrected chi connectivity index (χ3v) is 7.61. The summed E-state index contributed by atoms with van der Waals surface area (Å²) in [5.41, 5.74) is 4.38. The first-order chi connectivity index (χ1) is 6.74. The first-order valence-electron chi connectivity index (χ1n) is 6.26. The van der Waals surface area contributed by atoms with Crippen LogP contribution in [0.1, 0.15) is 52.4 Å². The summed E-state index contributed by atoms with van der Waals surface area (Å²) in [7, 11) is 2.59. The fourth-order valence-electron chi connectivity index (χ4n) is 2.90. The van der Waals surface area contributed by atoms with Crippen molar-refractivity contribution in [2.75, 3.05) is 0 Å². The van der Waals surface area contributed by atoms with Gasteiger partial charge in [-0.2, -0.15) is 0 Å². The fraction of sp³-hybridized carbons (Fsp3) is 1.00. The lowest BCUT2D eigenvalue weighted by Gasteiger charge is -2.13. The lowest BCUT2D eigenvalue weighted by Crippen LogP contribution is -2.02. The molecule has 2 heterocycles. The molecule has 2 rings (SSSR count). The van der Waals surface area contributed by atoms with Crippen LogP contribution in [0.4, 0.5) is 0 Å². The zero-order valence-electron chi connectivity index (χ0n) is 9.55. The summed E-state index contributed by atoms with van der Waals surface area (Å²) in [6, 6.07) is 0. The van der Waals surface area contributed by atoms with Crippen molar-refractivity contribution in [3.63, 3.8) is 0 Å². The van der Waals surface area contributed by atoms with Crippen LogP contribution in [-0.2, 0) is 0 Å². The molecule has 0 bridgehead atoms. The second kappa shape index (κ2) is 5.27. The fourth-order valence-corrected chi connectivity index (χ4v) is 6.51. The van der Waals surface area contributed by atoms with Gasteiger partial charge in [0.1, 0.15) is 0 Å². The Bertz CT molecular complexity index is 161. The zero-order valence-corrected chi connectivity index (χ0v) is 11.6. The second-order valence-corrected chi connectivity index (χ2v) is 9.53. The summed E-state index contributed by atoms with van der Waals surface area (Å²) in [4.78, 5) is 0. The minimum Gasteiger partial charge on any atom is -0.116 e. The largest absolute Gasteiger partial charge is 0.116 e. The van der Waals surface area contributed by atoms with E-state index in [9.17, 15) is 0 Å². The van der Waals surface area contributed by atoms with Gasteiger partial charge in [0.15, 0.2) is 0 Å². The maximum Gasteiger partial charge on any atom is -0.0234 e. The van der Waals surface area contributed by atoms with E-state index in [-0.39, 0.29) is 0 Å². The predicted octanol–water partition coefficient (Wildman–Crippen LogP) is 4.23. The topological polar surface area (TPSA) is 0 Å². The zero-order chi connectivity index (χ0) is 9.97. The van der Waals surface area contributed by atoms with Crippen molar-refractivity contribution in [3.8, 4) is 0 Å². The van der Waals surface area contributed by atoms with Crippen LogP contribution in [-0.4, -0.2) is 22.6 Å². The van der Waals surface area contributed by atoms with Gasteiger partial charge in [0, 0.05) is 0 Å². The average Bonchev–Trinajstić information content (AvgIpc) is 2.72. The average molecular weight is 230 g/mol. The molecule has 2 heteroatoms. The minimum atomic E-state index is 1.06. The molecule has 6 atom stereocenters. The van der Waals surface area contributed by atoms with E-state index in [2.05, 4.69) is 13.8 Å². The Kier molecular flexibility index (Phi) is 4.27. The number of hydrogen-bond donors (Lipinski definition) is 0. The highest BCUT2D eigenvalue weighted by Gasteiger charge is 2.25. The molecule has 2 fully saturated rings. The van der Waals surface area contributed by atoms with Crippen LogP contribution < -0.4 is 0 Å². The summed E-state index contributed by atoms with van der Waals surface area (Å²) in [5.74, 6) is 0. The number of hydrogen-bond acceptors (Lipinski definition) is 0. The Balaban J connectivity index is 1.63. The highest BCUT2D eigenvalue weighted by atomic mass is 31.1. The third-order valence-electron chi connectivity index (χ3n) is 3.80. The lowest BCUT2D eigenvalue weighted by molar-refractivity contribution is 0.621. The standard InChI is InChI=1S/C12H24P2/c1-9-3-5-11(13-9)7-8-12-6-4-10(2)14-12/h9-14H,3-8H2,1-2H3. The first-order valence-corrected chi connectivity index (χ1v) is 8.57. The van der Waals surface area contributed by atoms with Crippen LogP contribution >= 0.6 is 17.2 Å². The molecule has 0 amide bonds. The third kappa shape index (κ3) is 3.18. The smallest absolute Gasteiger partial charge is 0.0234 e. The van der Waals surface area contributed by atoms with Crippen LogP contribution in [0.2, 0.25) is 0 Å². The molecule has 82 valence electrons. The van der Waals surface area contributed by atoms with Gasteiger partial charge < -0.3 is 0 Å². The van der Waals surface area contributed by atoms with Gasteiger partial charge >= 0.3 is 0 Å². The Hall–Kier alpha value is 0.860. The molecule has 0 aromatic rings. The second-order valence-electron chi connectivity index (χ2n) is 5.26. The maximum absolute atomic E-state index is 2.44. The molecule has 0 radical (unpaired) electrons. The van der Waals surface area contributed by atoms with Crippen molar-refractivity contribution in [1.82, 2.24) is 0 Å². The van der Waals surface area contributed by atoms with E-state index in [0.29, 0.717) is 0 Å². The van der Waals surface area contributed by atoms with Gasteiger partial charge in [-0.05, 0) is 61.2 Å². The van der Waals surface area contributed by atoms with Crippen LogP contribution in [0.5, 0.6) is 0 Å². The molecule has 0 spiro atoms. The van der Waals surface area contributed by atoms with Gasteiger partial charge in [-0.1, -0.05) is 13.8 Å². The molecule has 14 heavy (non-hydrogen) atoms. The molecule has 2 saturated heterocycles. The van der Waals surface area contributed by atoms with E-state index in [1.807, 2.05) is 0 Å². The van der Waals surface area contributed by atoms with Crippen molar-refractivity contribution < 1.29 is 0 Å². The SMILES string of the molecule is CC1CCC(CCC2CCC(C)P2)P1. The molecule has 0 aliphatic carbocycles. The van der Waals surface area contributed by atoms with Crippen molar-refractivity contribution in [2.45, 2.75) is 75.0 Å². The van der Waals surface area contributed by atoms with Crippen LogP contribution in [0.3, 0.4) is 0 Å². The van der Waals surface area contributed by atoms with E-state index in [1.165, 1.54) is 30.0 Å². The molecule has 2 aliphatic rings. The molecule has 2 aliphatic heterocycles. The molecule has 0 N–H and O–H groups in total. The highest BCUT2D eigenvalue weighted by Crippen LogP contribution is 2.45. The van der Waals surface area contributed by atoms with Crippen molar-refractivity contribution in [2.24, 2.45) is 0 Å². The normalized spacial score (nSPS) is 46.7. The van der Waals surface area contributed by atoms with Gasteiger partial charge in [0.2, 0.25) is 0 Å². The monoisotopic (exact) mass is 230 g/mol. The van der Waals surface area contributed by atoms with Crippen LogP contribution in [0, 0.1) is 0 Å². The highest BCUT2D eigenvalue weighted by molar-refractivity contribution is 7.40. The molecular weight excluding hydrogens is 206 g/mol. The van der Waals surface area contributed by atoms with E-state index in [1.54, 1.807) is 25.7 Å². The summed E-state index contributed by atoms with van der Waals surface area (Å²) in [6.45, 7) is 4.88. The molecule has 0 aromatic heterocycles. The molecular formula is C12H24P2. The molecule has 0 aromatic carbocycles. The quantitative estimate of drug-likeness (QED) is 0.636. The Labute approximate surface area is 92.6 Å². The Morgan fingerprint density at radius 1 is 0.786 bits per heavy atom. The number of rotatable bonds is 3. The van der Waals surface area contributed by atoms with E-state index in [0.717, 1.165) is 22.6 Å². The van der Waals surface area contributed by atoms with Crippen molar-refractivity contribution in [3.05, 3.63) is 0 Å². The van der Waals surface area contributed by atoms with Crippen LogP contribution in [0.25, 0.3) is 0 Å². The Morgan fingerprint density at radius 3 is 1.50 bits per heavy atom. The van der Waals surface area contributed by atoms with Gasteiger partial charge in [-0.3, -0.25) is 0 Å². The molecule has 0 saturated carbocycles. The van der Waals surface area contributed by atoms with Gasteiger partial charge in [0.25, 0.3) is 0 Å². The summed E-state index contributed by atoms with van der Waals surface area (Å²) < 4.78 is 0. The maximum atomic E-state index is 2.44. The minimum absolute atomic E-state index is 1.06. The summed E-state index contributed by atoms with van der Waals surface area (Å²) >= 11 is 0. The summed E-state index contributed by atoms with van der Waals surface area (Å²) in [6.07, 6.45) is 9.26. The molecule has 6 unspecified atom stereocenters. The van der Waals surface area contributed by atoms with Crippen molar-refractivity contribution in [1.29, 1.82) is 0 Å². The van der Waals surface area contributed by atoms with Gasteiger partial charge in [0.05, 0.1) is 0 Å². The lowest BCUT2D eigenvalue weighted by atomic mass is 10.1. The Morgan fingerprint density at radius 2 is 1.21 bits per heavy atom. The van der Waals surface area contributed by atoms with Gasteiger partial charge in [-0.15, -0.1) is 17.2 Å². The van der Waals surface area contributed by atoms with E-state index >= 15 is 0 Å².